The Hall–Kier alpha value is -1.47. The minimum absolute atomic E-state index is 0.153. The van der Waals surface area contributed by atoms with Crippen molar-refractivity contribution in [2.45, 2.75) is 6.42 Å². The fraction of sp³-hybridized carbons (Fsp3) is 0.667. The largest absolute Gasteiger partial charge is 0.383 e. The van der Waals surface area contributed by atoms with Gasteiger partial charge in [0.15, 0.2) is 5.69 Å². The Morgan fingerprint density at radius 2 is 2.44 bits per heavy atom. The molecule has 0 radical (unpaired) electrons. The maximum absolute atomic E-state index is 11.9. The first-order valence-corrected chi connectivity index (χ1v) is 5.13. The molecule has 0 saturated carbocycles. The Morgan fingerprint density at radius 1 is 1.62 bits per heavy atom. The lowest BCUT2D eigenvalue weighted by molar-refractivity contribution is 0.0689. The third-order valence-corrected chi connectivity index (χ3v) is 2.12. The molecule has 7 heteroatoms. The summed E-state index contributed by atoms with van der Waals surface area (Å²) in [5.41, 5.74) is 5.73. The van der Waals surface area contributed by atoms with Crippen molar-refractivity contribution in [2.75, 3.05) is 33.4 Å². The van der Waals surface area contributed by atoms with Crippen LogP contribution in [0.4, 0.5) is 0 Å². The number of aromatic amines is 1. The summed E-state index contributed by atoms with van der Waals surface area (Å²) in [7, 11) is 1.60. The predicted octanol–water partition coefficient (Wildman–Crippen LogP) is -0.758. The molecule has 0 spiro atoms. The average molecular weight is 227 g/mol. The second kappa shape index (κ2) is 6.91. The first-order chi connectivity index (χ1) is 7.79. The molecule has 0 aliphatic rings. The van der Waals surface area contributed by atoms with Gasteiger partial charge in [-0.1, -0.05) is 0 Å². The SMILES string of the molecule is COCCN(CCCN)C(=O)c1cn[nH]n1. The molecule has 0 aliphatic heterocycles. The van der Waals surface area contributed by atoms with Crippen LogP contribution in [-0.4, -0.2) is 59.6 Å². The summed E-state index contributed by atoms with van der Waals surface area (Å²) >= 11 is 0. The first-order valence-electron chi connectivity index (χ1n) is 5.13. The molecule has 0 aromatic carbocycles. The van der Waals surface area contributed by atoms with Gasteiger partial charge < -0.3 is 15.4 Å². The molecule has 1 aromatic heterocycles. The van der Waals surface area contributed by atoms with Crippen LogP contribution in [-0.2, 0) is 4.74 Å². The number of H-pyrrole nitrogens is 1. The van der Waals surface area contributed by atoms with Gasteiger partial charge in [0.05, 0.1) is 12.8 Å². The molecule has 0 aliphatic carbocycles. The maximum Gasteiger partial charge on any atom is 0.276 e. The van der Waals surface area contributed by atoms with Crippen LogP contribution in [0, 0.1) is 0 Å². The standard InChI is InChI=1S/C9H17N5O2/c1-16-6-5-14(4-2-3-10)9(15)8-7-11-13-12-8/h7H,2-6,10H2,1H3,(H,11,12,13). The number of rotatable bonds is 7. The van der Waals surface area contributed by atoms with Crippen molar-refractivity contribution < 1.29 is 9.53 Å². The Labute approximate surface area is 93.9 Å². The summed E-state index contributed by atoms with van der Waals surface area (Å²) in [6.45, 7) is 2.18. The van der Waals surface area contributed by atoms with Crippen LogP contribution in [0.5, 0.6) is 0 Å². The summed E-state index contributed by atoms with van der Waals surface area (Å²) in [5, 5.41) is 9.77. The van der Waals surface area contributed by atoms with Gasteiger partial charge in [-0.25, -0.2) is 0 Å². The van der Waals surface area contributed by atoms with Gasteiger partial charge in [0.1, 0.15) is 0 Å². The fourth-order valence-corrected chi connectivity index (χ4v) is 1.27. The number of nitrogens with zero attached hydrogens (tertiary/aromatic N) is 3. The summed E-state index contributed by atoms with van der Waals surface area (Å²) < 4.78 is 4.95. The Bertz CT molecular complexity index is 293. The van der Waals surface area contributed by atoms with Crippen molar-refractivity contribution in [1.29, 1.82) is 0 Å². The minimum atomic E-state index is -0.153. The van der Waals surface area contributed by atoms with Crippen LogP contribution < -0.4 is 5.73 Å². The van der Waals surface area contributed by atoms with E-state index in [9.17, 15) is 4.79 Å². The highest BCUT2D eigenvalue weighted by Crippen LogP contribution is 2.00. The molecular weight excluding hydrogens is 210 g/mol. The zero-order chi connectivity index (χ0) is 11.8. The lowest BCUT2D eigenvalue weighted by Crippen LogP contribution is -2.35. The molecule has 1 heterocycles. The van der Waals surface area contributed by atoms with Gasteiger partial charge in [0.2, 0.25) is 0 Å². The second-order valence-corrected chi connectivity index (χ2v) is 3.28. The van der Waals surface area contributed by atoms with Gasteiger partial charge >= 0.3 is 0 Å². The predicted molar refractivity (Wildman–Crippen MR) is 57.8 cm³/mol. The van der Waals surface area contributed by atoms with Crippen LogP contribution in [0.2, 0.25) is 0 Å². The highest BCUT2D eigenvalue weighted by Gasteiger charge is 2.17. The molecule has 3 N–H and O–H groups in total. The van der Waals surface area contributed by atoms with E-state index in [1.165, 1.54) is 6.20 Å². The fourth-order valence-electron chi connectivity index (χ4n) is 1.27. The number of hydrogen-bond donors (Lipinski definition) is 2. The Morgan fingerprint density at radius 3 is 3.00 bits per heavy atom. The van der Waals surface area contributed by atoms with Crippen LogP contribution in [0.25, 0.3) is 0 Å². The summed E-state index contributed by atoms with van der Waals surface area (Å²) in [6, 6.07) is 0. The van der Waals surface area contributed by atoms with E-state index in [0.717, 1.165) is 6.42 Å². The first kappa shape index (κ1) is 12.6. The van der Waals surface area contributed by atoms with E-state index in [-0.39, 0.29) is 5.91 Å². The van der Waals surface area contributed by atoms with E-state index >= 15 is 0 Å². The van der Waals surface area contributed by atoms with Crippen molar-refractivity contribution in [1.82, 2.24) is 20.3 Å². The molecular formula is C9H17N5O2. The number of aromatic nitrogens is 3. The third-order valence-electron chi connectivity index (χ3n) is 2.12. The normalized spacial score (nSPS) is 10.4. The number of methoxy groups -OCH3 is 1. The summed E-state index contributed by atoms with van der Waals surface area (Å²) in [4.78, 5) is 13.6. The smallest absolute Gasteiger partial charge is 0.276 e. The van der Waals surface area contributed by atoms with Gasteiger partial charge in [0.25, 0.3) is 5.91 Å². The molecule has 0 saturated heterocycles. The molecule has 16 heavy (non-hydrogen) atoms. The molecule has 0 fully saturated rings. The van der Waals surface area contributed by atoms with Crippen LogP contribution in [0.3, 0.4) is 0 Å². The van der Waals surface area contributed by atoms with E-state index in [2.05, 4.69) is 15.4 Å². The number of nitrogens with one attached hydrogen (secondary N) is 1. The van der Waals surface area contributed by atoms with E-state index in [4.69, 9.17) is 10.5 Å². The molecule has 0 unspecified atom stereocenters. The van der Waals surface area contributed by atoms with Gasteiger partial charge in [-0.05, 0) is 13.0 Å². The minimum Gasteiger partial charge on any atom is -0.383 e. The molecule has 90 valence electrons. The molecule has 1 aromatic rings. The number of carbonyl (C=O) groups excluding carboxylic acids is 1. The van der Waals surface area contributed by atoms with Crippen LogP contribution in [0.15, 0.2) is 6.20 Å². The number of amides is 1. The Balaban J connectivity index is 2.56. The average Bonchev–Trinajstić information content (AvgIpc) is 2.82. The summed E-state index contributed by atoms with van der Waals surface area (Å²) in [6.07, 6.45) is 2.16. The Kier molecular flexibility index (Phi) is 5.44. The zero-order valence-corrected chi connectivity index (χ0v) is 9.35. The molecule has 1 amide bonds. The van der Waals surface area contributed by atoms with Crippen molar-refractivity contribution in [3.05, 3.63) is 11.9 Å². The number of ether oxygens (including phenoxy) is 1. The molecule has 1 rings (SSSR count). The van der Waals surface area contributed by atoms with E-state index in [1.807, 2.05) is 0 Å². The van der Waals surface area contributed by atoms with Crippen molar-refractivity contribution in [3.8, 4) is 0 Å². The van der Waals surface area contributed by atoms with Gasteiger partial charge in [0, 0.05) is 20.2 Å². The van der Waals surface area contributed by atoms with E-state index in [1.54, 1.807) is 12.0 Å². The highest BCUT2D eigenvalue weighted by molar-refractivity contribution is 5.91. The second-order valence-electron chi connectivity index (χ2n) is 3.28. The molecule has 0 atom stereocenters. The maximum atomic E-state index is 11.9. The number of carbonyl (C=O) groups is 1. The lowest BCUT2D eigenvalue weighted by Gasteiger charge is -2.20. The zero-order valence-electron chi connectivity index (χ0n) is 9.35. The van der Waals surface area contributed by atoms with Crippen LogP contribution in [0.1, 0.15) is 16.9 Å². The van der Waals surface area contributed by atoms with Crippen molar-refractivity contribution in [3.63, 3.8) is 0 Å². The molecule has 0 bridgehead atoms. The van der Waals surface area contributed by atoms with Gasteiger partial charge in [-0.15, -0.1) is 0 Å². The quantitative estimate of drug-likeness (QED) is 0.638. The van der Waals surface area contributed by atoms with E-state index < -0.39 is 0 Å². The van der Waals surface area contributed by atoms with E-state index in [0.29, 0.717) is 31.9 Å². The van der Waals surface area contributed by atoms with Gasteiger partial charge in [-0.2, -0.15) is 15.4 Å². The van der Waals surface area contributed by atoms with Gasteiger partial charge in [-0.3, -0.25) is 4.79 Å². The topological polar surface area (TPSA) is 97.1 Å². The lowest BCUT2D eigenvalue weighted by atomic mass is 10.3. The number of nitrogens with two attached hydrogens (primary N) is 1. The highest BCUT2D eigenvalue weighted by atomic mass is 16.5. The van der Waals surface area contributed by atoms with Crippen LogP contribution >= 0.6 is 0 Å². The summed E-state index contributed by atoms with van der Waals surface area (Å²) in [5.74, 6) is -0.153. The van der Waals surface area contributed by atoms with Crippen molar-refractivity contribution in [2.24, 2.45) is 5.73 Å². The molecule has 7 nitrogen and oxygen atoms in total. The monoisotopic (exact) mass is 227 g/mol. The third kappa shape index (κ3) is 3.59. The van der Waals surface area contributed by atoms with Crippen molar-refractivity contribution >= 4 is 5.91 Å². The number of hydrogen-bond acceptors (Lipinski definition) is 5.